The topological polar surface area (TPSA) is 29.5 Å². The molecule has 1 unspecified atom stereocenters. The summed E-state index contributed by atoms with van der Waals surface area (Å²) < 4.78 is 19.2. The van der Waals surface area contributed by atoms with Crippen LogP contribution in [0.5, 0.6) is 5.75 Å². The quantitative estimate of drug-likeness (QED) is 0.888. The number of aliphatic hydroxyl groups excluding tert-OH is 1. The molecule has 0 amide bonds. The lowest BCUT2D eigenvalue weighted by Gasteiger charge is -2.13. The third-order valence-corrected chi connectivity index (χ3v) is 3.16. The maximum atomic E-state index is 13.8. The van der Waals surface area contributed by atoms with E-state index in [1.807, 2.05) is 6.92 Å². The van der Waals surface area contributed by atoms with Crippen LogP contribution in [0.15, 0.2) is 42.5 Å². The van der Waals surface area contributed by atoms with Crippen LogP contribution in [-0.4, -0.2) is 11.7 Å². The van der Waals surface area contributed by atoms with E-state index in [-0.39, 0.29) is 5.56 Å². The fraction of sp³-hybridized carbons (Fsp3) is 0.250. The minimum Gasteiger partial charge on any atom is -0.494 e. The Morgan fingerprint density at radius 1 is 1.20 bits per heavy atom. The predicted molar refractivity (Wildman–Crippen MR) is 77.7 cm³/mol. The number of benzene rings is 2. The average Bonchev–Trinajstić information content (AvgIpc) is 2.45. The van der Waals surface area contributed by atoms with Gasteiger partial charge in [-0.1, -0.05) is 36.7 Å². The van der Waals surface area contributed by atoms with Gasteiger partial charge in [-0.15, -0.1) is 0 Å². The van der Waals surface area contributed by atoms with Crippen molar-refractivity contribution in [3.8, 4) is 5.75 Å². The summed E-state index contributed by atoms with van der Waals surface area (Å²) in [5, 5.41) is 10.5. The average molecular weight is 295 g/mol. The van der Waals surface area contributed by atoms with E-state index in [1.54, 1.807) is 30.3 Å². The molecule has 0 aliphatic carbocycles. The zero-order chi connectivity index (χ0) is 14.5. The minimum absolute atomic E-state index is 0.205. The lowest BCUT2D eigenvalue weighted by Crippen LogP contribution is -2.03. The van der Waals surface area contributed by atoms with Crippen LogP contribution in [-0.2, 0) is 0 Å². The zero-order valence-electron chi connectivity index (χ0n) is 11.1. The molecule has 4 heteroatoms. The lowest BCUT2D eigenvalue weighted by molar-refractivity contribution is 0.215. The van der Waals surface area contributed by atoms with Gasteiger partial charge in [0, 0.05) is 10.6 Å². The molecule has 20 heavy (non-hydrogen) atoms. The van der Waals surface area contributed by atoms with Gasteiger partial charge in [-0.2, -0.15) is 0 Å². The van der Waals surface area contributed by atoms with Gasteiger partial charge in [0.15, 0.2) is 0 Å². The first-order valence-corrected chi connectivity index (χ1v) is 6.85. The summed E-state index contributed by atoms with van der Waals surface area (Å²) >= 11 is 5.70. The number of rotatable bonds is 5. The van der Waals surface area contributed by atoms with Crippen molar-refractivity contribution in [1.82, 2.24) is 0 Å². The molecule has 0 radical (unpaired) electrons. The van der Waals surface area contributed by atoms with Crippen LogP contribution >= 0.6 is 11.6 Å². The smallest absolute Gasteiger partial charge is 0.130 e. The van der Waals surface area contributed by atoms with Gasteiger partial charge in [0.1, 0.15) is 17.7 Å². The number of ether oxygens (including phenoxy) is 1. The van der Waals surface area contributed by atoms with Crippen LogP contribution in [0.4, 0.5) is 4.39 Å². The van der Waals surface area contributed by atoms with Crippen LogP contribution in [0.3, 0.4) is 0 Å². The molecule has 0 fully saturated rings. The normalized spacial score (nSPS) is 12.2. The molecule has 0 aromatic heterocycles. The molecule has 2 aromatic carbocycles. The second-order valence-electron chi connectivity index (χ2n) is 4.49. The van der Waals surface area contributed by atoms with Crippen LogP contribution < -0.4 is 4.74 Å². The Labute approximate surface area is 122 Å². The van der Waals surface area contributed by atoms with Gasteiger partial charge >= 0.3 is 0 Å². The van der Waals surface area contributed by atoms with Crippen LogP contribution in [0.1, 0.15) is 30.6 Å². The Kier molecular flexibility index (Phi) is 4.99. The van der Waals surface area contributed by atoms with Crippen molar-refractivity contribution >= 4 is 11.6 Å². The molecule has 2 aromatic rings. The molecule has 106 valence electrons. The predicted octanol–water partition coefficient (Wildman–Crippen LogP) is 4.35. The summed E-state index contributed by atoms with van der Waals surface area (Å²) in [6, 6.07) is 11.2. The summed E-state index contributed by atoms with van der Waals surface area (Å²) in [6.45, 7) is 2.68. The van der Waals surface area contributed by atoms with E-state index < -0.39 is 11.9 Å². The maximum absolute atomic E-state index is 13.8. The fourth-order valence-electron chi connectivity index (χ4n) is 1.87. The highest BCUT2D eigenvalue weighted by atomic mass is 35.5. The van der Waals surface area contributed by atoms with Crippen molar-refractivity contribution in [1.29, 1.82) is 0 Å². The van der Waals surface area contributed by atoms with E-state index in [0.29, 0.717) is 17.2 Å². The molecule has 0 saturated carbocycles. The maximum Gasteiger partial charge on any atom is 0.130 e. The molecule has 0 bridgehead atoms. The number of aliphatic hydroxyl groups is 1. The first-order valence-electron chi connectivity index (χ1n) is 6.47. The molecular formula is C16H16ClFO2. The Balaban J connectivity index is 2.18. The van der Waals surface area contributed by atoms with Crippen LogP contribution in [0, 0.1) is 5.82 Å². The summed E-state index contributed by atoms with van der Waals surface area (Å²) in [7, 11) is 0. The molecule has 0 spiro atoms. The molecule has 1 N–H and O–H groups in total. The second kappa shape index (κ2) is 6.73. The van der Waals surface area contributed by atoms with Crippen molar-refractivity contribution < 1.29 is 14.2 Å². The standard InChI is InChI=1S/C16H16ClFO2/c1-2-9-20-13-6-3-11(4-7-13)16(19)14-8-5-12(17)10-15(14)18/h3-8,10,16,19H,2,9H2,1H3. The molecule has 1 atom stereocenters. The Morgan fingerprint density at radius 3 is 2.50 bits per heavy atom. The van der Waals surface area contributed by atoms with E-state index in [9.17, 15) is 9.50 Å². The molecule has 0 saturated heterocycles. The summed E-state index contributed by atoms with van der Waals surface area (Å²) in [6.07, 6.45) is -0.0899. The molecule has 2 nitrogen and oxygen atoms in total. The SMILES string of the molecule is CCCOc1ccc(C(O)c2ccc(Cl)cc2F)cc1. The Bertz CT molecular complexity index is 569. The van der Waals surface area contributed by atoms with Gasteiger partial charge in [-0.3, -0.25) is 0 Å². The van der Waals surface area contributed by atoms with Crippen molar-refractivity contribution in [2.24, 2.45) is 0 Å². The van der Waals surface area contributed by atoms with Gasteiger partial charge in [-0.25, -0.2) is 4.39 Å². The van der Waals surface area contributed by atoms with Gasteiger partial charge in [0.05, 0.1) is 6.61 Å². The molecule has 2 rings (SSSR count). The Morgan fingerprint density at radius 2 is 1.90 bits per heavy atom. The summed E-state index contributed by atoms with van der Waals surface area (Å²) in [5.41, 5.74) is 0.812. The molecule has 0 aliphatic rings. The summed E-state index contributed by atoms with van der Waals surface area (Å²) in [5.74, 6) is 0.218. The van der Waals surface area contributed by atoms with E-state index in [4.69, 9.17) is 16.3 Å². The van der Waals surface area contributed by atoms with Crippen molar-refractivity contribution in [3.63, 3.8) is 0 Å². The van der Waals surface area contributed by atoms with Crippen LogP contribution in [0.2, 0.25) is 5.02 Å². The van der Waals surface area contributed by atoms with E-state index >= 15 is 0 Å². The monoisotopic (exact) mass is 294 g/mol. The van der Waals surface area contributed by atoms with Gasteiger partial charge in [0.25, 0.3) is 0 Å². The van der Waals surface area contributed by atoms with Gasteiger partial charge in [-0.05, 0) is 36.2 Å². The molecule has 0 aliphatic heterocycles. The third kappa shape index (κ3) is 3.50. The number of hydrogen-bond donors (Lipinski definition) is 1. The minimum atomic E-state index is -1.02. The molecular weight excluding hydrogens is 279 g/mol. The first kappa shape index (κ1) is 14.8. The largest absolute Gasteiger partial charge is 0.494 e. The highest BCUT2D eigenvalue weighted by Gasteiger charge is 2.15. The Hall–Kier alpha value is -1.58. The highest BCUT2D eigenvalue weighted by molar-refractivity contribution is 6.30. The second-order valence-corrected chi connectivity index (χ2v) is 4.92. The van der Waals surface area contributed by atoms with Crippen molar-refractivity contribution in [2.45, 2.75) is 19.4 Å². The zero-order valence-corrected chi connectivity index (χ0v) is 11.9. The summed E-state index contributed by atoms with van der Waals surface area (Å²) in [4.78, 5) is 0. The third-order valence-electron chi connectivity index (χ3n) is 2.93. The van der Waals surface area contributed by atoms with E-state index in [2.05, 4.69) is 0 Å². The van der Waals surface area contributed by atoms with Crippen molar-refractivity contribution in [3.05, 3.63) is 64.4 Å². The number of hydrogen-bond acceptors (Lipinski definition) is 2. The fourth-order valence-corrected chi connectivity index (χ4v) is 2.03. The van der Waals surface area contributed by atoms with Gasteiger partial charge in [0.2, 0.25) is 0 Å². The van der Waals surface area contributed by atoms with Crippen molar-refractivity contribution in [2.75, 3.05) is 6.61 Å². The highest BCUT2D eigenvalue weighted by Crippen LogP contribution is 2.27. The first-order chi connectivity index (χ1) is 9.61. The van der Waals surface area contributed by atoms with Crippen LogP contribution in [0.25, 0.3) is 0 Å². The number of halogens is 2. The van der Waals surface area contributed by atoms with E-state index in [1.165, 1.54) is 12.1 Å². The van der Waals surface area contributed by atoms with Gasteiger partial charge < -0.3 is 9.84 Å². The van der Waals surface area contributed by atoms with E-state index in [0.717, 1.165) is 12.2 Å². The molecule has 0 heterocycles. The lowest BCUT2D eigenvalue weighted by atomic mass is 10.0.